The molecule has 0 saturated heterocycles. The molecule has 4 rings (SSSR count). The van der Waals surface area contributed by atoms with E-state index in [1.807, 2.05) is 0 Å². The van der Waals surface area contributed by atoms with E-state index in [2.05, 4.69) is 20.2 Å². The Kier molecular flexibility index (Phi) is 6.60. The monoisotopic (exact) mass is 489 g/mol. The SMILES string of the molecule is CCOC(=O)c1sc2nc(CSc3nnc(COc4ccc(F)cc4)n3N)nc(N)c2c1C. The third-order valence-corrected chi connectivity index (χ3v) is 6.68. The highest BCUT2D eigenvalue weighted by Gasteiger charge is 2.21. The summed E-state index contributed by atoms with van der Waals surface area (Å²) in [4.78, 5) is 22.2. The number of nitrogen functional groups attached to an aromatic ring is 2. The van der Waals surface area contributed by atoms with Gasteiger partial charge in [-0.05, 0) is 43.7 Å². The van der Waals surface area contributed by atoms with Crippen LogP contribution in [0.5, 0.6) is 5.75 Å². The number of fused-ring (bicyclic) bond motifs is 1. The van der Waals surface area contributed by atoms with Crippen molar-refractivity contribution >= 4 is 45.1 Å². The molecule has 10 nitrogen and oxygen atoms in total. The van der Waals surface area contributed by atoms with E-state index >= 15 is 0 Å². The average molecular weight is 490 g/mol. The summed E-state index contributed by atoms with van der Waals surface area (Å²) in [5.74, 6) is 7.30. The standard InChI is InChI=1S/C20H20FN7O3S2/c1-3-30-19(29)16-10(2)15-17(22)24-13(25-18(15)33-16)9-32-20-27-26-14(28(20)23)8-31-12-6-4-11(21)5-7-12/h4-7H,3,8-9,23H2,1-2H3,(H2,22,24,25). The molecule has 13 heteroatoms. The van der Waals surface area contributed by atoms with Gasteiger partial charge >= 0.3 is 5.97 Å². The number of aryl methyl sites for hydroxylation is 1. The topological polar surface area (TPSA) is 144 Å². The van der Waals surface area contributed by atoms with Crippen LogP contribution in [-0.2, 0) is 17.1 Å². The van der Waals surface area contributed by atoms with Crippen molar-refractivity contribution < 1.29 is 18.7 Å². The minimum absolute atomic E-state index is 0.0657. The average Bonchev–Trinajstić information content (AvgIpc) is 3.31. The summed E-state index contributed by atoms with van der Waals surface area (Å²) in [6.45, 7) is 3.90. The Hall–Kier alpha value is -3.45. The molecule has 0 atom stereocenters. The number of nitrogens with zero attached hydrogens (tertiary/aromatic N) is 5. The van der Waals surface area contributed by atoms with Crippen LogP contribution in [0, 0.1) is 12.7 Å². The van der Waals surface area contributed by atoms with Crippen LogP contribution in [0.1, 0.15) is 33.8 Å². The van der Waals surface area contributed by atoms with Gasteiger partial charge in [-0.15, -0.1) is 21.5 Å². The fraction of sp³-hybridized carbons (Fsp3) is 0.250. The lowest BCUT2D eigenvalue weighted by atomic mass is 10.2. The zero-order valence-electron chi connectivity index (χ0n) is 17.7. The first kappa shape index (κ1) is 22.7. The molecule has 0 aliphatic heterocycles. The van der Waals surface area contributed by atoms with E-state index in [1.54, 1.807) is 13.8 Å². The minimum Gasteiger partial charge on any atom is -0.486 e. The van der Waals surface area contributed by atoms with Crippen LogP contribution >= 0.6 is 23.1 Å². The first-order valence-corrected chi connectivity index (χ1v) is 11.6. The van der Waals surface area contributed by atoms with Crippen LogP contribution < -0.4 is 16.3 Å². The Labute approximate surface area is 196 Å². The maximum absolute atomic E-state index is 13.0. The van der Waals surface area contributed by atoms with Gasteiger partial charge in [-0.1, -0.05) is 11.8 Å². The number of ether oxygens (including phenoxy) is 2. The van der Waals surface area contributed by atoms with Crippen LogP contribution in [0.2, 0.25) is 0 Å². The summed E-state index contributed by atoms with van der Waals surface area (Å²) in [5.41, 5.74) is 6.85. The zero-order valence-corrected chi connectivity index (χ0v) is 19.4. The van der Waals surface area contributed by atoms with Crippen molar-refractivity contribution in [3.63, 3.8) is 0 Å². The fourth-order valence-electron chi connectivity index (χ4n) is 2.98. The van der Waals surface area contributed by atoms with Crippen molar-refractivity contribution in [2.45, 2.75) is 31.4 Å². The van der Waals surface area contributed by atoms with Crippen LogP contribution in [-0.4, -0.2) is 37.4 Å². The molecule has 172 valence electrons. The van der Waals surface area contributed by atoms with Gasteiger partial charge in [-0.3, -0.25) is 0 Å². The maximum Gasteiger partial charge on any atom is 0.348 e. The lowest BCUT2D eigenvalue weighted by Gasteiger charge is -2.06. The van der Waals surface area contributed by atoms with Crippen molar-refractivity contribution in [3.8, 4) is 5.75 Å². The third-order valence-electron chi connectivity index (χ3n) is 4.57. The highest BCUT2D eigenvalue weighted by Crippen LogP contribution is 2.34. The molecule has 1 aromatic carbocycles. The van der Waals surface area contributed by atoms with Gasteiger partial charge < -0.3 is 21.1 Å². The number of carbonyl (C=O) groups is 1. The van der Waals surface area contributed by atoms with Gasteiger partial charge in [0, 0.05) is 0 Å². The number of nitrogens with two attached hydrogens (primary N) is 2. The summed E-state index contributed by atoms with van der Waals surface area (Å²) in [6, 6.07) is 5.63. The molecule has 0 amide bonds. The molecule has 0 aliphatic carbocycles. The number of carbonyl (C=O) groups excluding carboxylic acids is 1. The lowest BCUT2D eigenvalue weighted by molar-refractivity contribution is 0.0531. The Morgan fingerprint density at radius 1 is 1.24 bits per heavy atom. The number of thiophene rings is 1. The largest absolute Gasteiger partial charge is 0.486 e. The lowest BCUT2D eigenvalue weighted by Crippen LogP contribution is -2.15. The van der Waals surface area contributed by atoms with Crippen LogP contribution in [0.3, 0.4) is 0 Å². The van der Waals surface area contributed by atoms with Gasteiger partial charge in [-0.2, -0.15) is 0 Å². The Bertz CT molecular complexity index is 1310. The number of thioether (sulfide) groups is 1. The molecular formula is C20H20FN7O3S2. The molecule has 4 aromatic rings. The zero-order chi connectivity index (χ0) is 23.5. The number of esters is 1. The predicted molar refractivity (Wildman–Crippen MR) is 123 cm³/mol. The first-order chi connectivity index (χ1) is 15.9. The molecule has 4 N–H and O–H groups in total. The molecule has 3 aromatic heterocycles. The van der Waals surface area contributed by atoms with Gasteiger partial charge in [-0.25, -0.2) is 23.8 Å². The summed E-state index contributed by atoms with van der Waals surface area (Å²) in [7, 11) is 0. The van der Waals surface area contributed by atoms with Crippen molar-refractivity contribution in [1.82, 2.24) is 24.8 Å². The molecule has 0 saturated carbocycles. The van der Waals surface area contributed by atoms with E-state index in [1.165, 1.54) is 52.0 Å². The molecule has 0 aliphatic rings. The first-order valence-electron chi connectivity index (χ1n) is 9.80. The normalized spacial score (nSPS) is 11.1. The Morgan fingerprint density at radius 3 is 2.73 bits per heavy atom. The van der Waals surface area contributed by atoms with E-state index in [0.717, 1.165) is 0 Å². The van der Waals surface area contributed by atoms with Gasteiger partial charge in [0.25, 0.3) is 0 Å². The van der Waals surface area contributed by atoms with Crippen molar-refractivity contribution in [3.05, 3.63) is 52.2 Å². The minimum atomic E-state index is -0.403. The number of rotatable bonds is 8. The summed E-state index contributed by atoms with van der Waals surface area (Å²) in [6.07, 6.45) is 0. The van der Waals surface area contributed by atoms with E-state index in [0.29, 0.717) is 54.8 Å². The second-order valence-electron chi connectivity index (χ2n) is 6.78. The quantitative estimate of drug-likeness (QED) is 0.215. The van der Waals surface area contributed by atoms with Crippen molar-refractivity contribution in [1.29, 1.82) is 0 Å². The van der Waals surface area contributed by atoms with Crippen LogP contribution in [0.15, 0.2) is 29.4 Å². The van der Waals surface area contributed by atoms with E-state index in [4.69, 9.17) is 21.1 Å². The smallest absolute Gasteiger partial charge is 0.348 e. The maximum atomic E-state index is 13.0. The van der Waals surface area contributed by atoms with Crippen molar-refractivity contribution in [2.75, 3.05) is 18.2 Å². The number of anilines is 1. The Balaban J connectivity index is 1.46. The second-order valence-corrected chi connectivity index (χ2v) is 8.72. The number of hydrogen-bond donors (Lipinski definition) is 2. The Morgan fingerprint density at radius 2 is 2.00 bits per heavy atom. The van der Waals surface area contributed by atoms with E-state index in [-0.39, 0.29) is 19.0 Å². The van der Waals surface area contributed by atoms with E-state index in [9.17, 15) is 9.18 Å². The molecule has 0 fully saturated rings. The molecule has 0 unspecified atom stereocenters. The molecule has 0 radical (unpaired) electrons. The number of halogens is 1. The highest BCUT2D eigenvalue weighted by atomic mass is 32.2. The summed E-state index contributed by atoms with van der Waals surface area (Å²) < 4.78 is 25.0. The molecule has 0 spiro atoms. The molecule has 33 heavy (non-hydrogen) atoms. The van der Waals surface area contributed by atoms with Crippen molar-refractivity contribution in [2.24, 2.45) is 0 Å². The summed E-state index contributed by atoms with van der Waals surface area (Å²) >= 11 is 2.50. The van der Waals surface area contributed by atoms with Gasteiger partial charge in [0.2, 0.25) is 5.16 Å². The van der Waals surface area contributed by atoms with E-state index < -0.39 is 5.97 Å². The highest BCUT2D eigenvalue weighted by molar-refractivity contribution is 7.98. The number of hydrogen-bond acceptors (Lipinski definition) is 11. The number of benzene rings is 1. The third kappa shape index (κ3) is 4.83. The van der Waals surface area contributed by atoms with Gasteiger partial charge in [0.15, 0.2) is 5.82 Å². The molecule has 3 heterocycles. The predicted octanol–water partition coefficient (Wildman–Crippen LogP) is 3.07. The fourth-order valence-corrected chi connectivity index (χ4v) is 4.82. The van der Waals surface area contributed by atoms with Crippen LogP contribution in [0.4, 0.5) is 10.2 Å². The number of aromatic nitrogens is 5. The van der Waals surface area contributed by atoms with Gasteiger partial charge in [0.05, 0.1) is 17.7 Å². The molecular weight excluding hydrogens is 469 g/mol. The molecule has 0 bridgehead atoms. The summed E-state index contributed by atoms with van der Waals surface area (Å²) in [5, 5.41) is 9.19. The van der Waals surface area contributed by atoms with Crippen LogP contribution in [0.25, 0.3) is 10.2 Å². The second kappa shape index (κ2) is 9.58. The van der Waals surface area contributed by atoms with Gasteiger partial charge in [0.1, 0.15) is 39.5 Å².